The first-order valence-corrected chi connectivity index (χ1v) is 5.56. The number of rotatable bonds is 4. The van der Waals surface area contributed by atoms with Gasteiger partial charge in [-0.1, -0.05) is 18.2 Å². The normalized spacial score (nSPS) is 12.0. The van der Waals surface area contributed by atoms with Crippen molar-refractivity contribution < 1.29 is 18.0 Å². The summed E-state index contributed by atoms with van der Waals surface area (Å²) in [5, 5.41) is 0. The molecule has 0 N–H and O–H groups in total. The fourth-order valence-corrected chi connectivity index (χ4v) is 1.44. The highest BCUT2D eigenvalue weighted by atomic mass is 32.1. The van der Waals surface area contributed by atoms with Crippen LogP contribution in [-0.4, -0.2) is 12.0 Å². The minimum absolute atomic E-state index is 0.0373. The predicted molar refractivity (Wildman–Crippen MR) is 64.3 cm³/mol. The zero-order valence-corrected chi connectivity index (χ0v) is 9.76. The predicted octanol–water partition coefficient (Wildman–Crippen LogP) is 3.85. The van der Waals surface area contributed by atoms with Crippen LogP contribution >= 0.6 is 12.6 Å². The van der Waals surface area contributed by atoms with E-state index in [4.69, 9.17) is 0 Å². The molecule has 5 heteroatoms. The van der Waals surface area contributed by atoms with Gasteiger partial charge in [0.05, 0.1) is 5.56 Å². The molecule has 0 saturated carbocycles. The molecule has 1 aromatic rings. The van der Waals surface area contributed by atoms with Crippen molar-refractivity contribution in [1.29, 1.82) is 0 Å². The summed E-state index contributed by atoms with van der Waals surface area (Å²) in [5.74, 6) is 0.646. The first kappa shape index (κ1) is 13.8. The topological polar surface area (TPSA) is 17.1 Å². The number of thiol groups is 1. The Labute approximate surface area is 103 Å². The van der Waals surface area contributed by atoms with Gasteiger partial charge in [0.25, 0.3) is 0 Å². The average molecular weight is 260 g/mol. The van der Waals surface area contributed by atoms with E-state index in [9.17, 15) is 18.0 Å². The lowest BCUT2D eigenvalue weighted by atomic mass is 10.0. The van der Waals surface area contributed by atoms with E-state index in [1.54, 1.807) is 12.2 Å². The van der Waals surface area contributed by atoms with Crippen LogP contribution in [0, 0.1) is 0 Å². The van der Waals surface area contributed by atoms with Gasteiger partial charge < -0.3 is 0 Å². The number of hydrogen-bond acceptors (Lipinski definition) is 2. The molecule has 0 aliphatic heterocycles. The third-order valence-electron chi connectivity index (χ3n) is 2.13. The molecule has 0 bridgehead atoms. The van der Waals surface area contributed by atoms with Crippen LogP contribution in [0.4, 0.5) is 13.2 Å². The van der Waals surface area contributed by atoms with Gasteiger partial charge in [-0.3, -0.25) is 4.79 Å². The highest BCUT2D eigenvalue weighted by Crippen LogP contribution is 2.30. The molecule has 0 aliphatic carbocycles. The maximum Gasteiger partial charge on any atom is 0.416 e. The summed E-state index contributed by atoms with van der Waals surface area (Å²) in [4.78, 5) is 10.7. The molecule has 0 unspecified atom stereocenters. The maximum absolute atomic E-state index is 12.4. The number of aldehydes is 1. The van der Waals surface area contributed by atoms with E-state index in [0.717, 1.165) is 12.1 Å². The van der Waals surface area contributed by atoms with Gasteiger partial charge in [0, 0.05) is 5.56 Å². The molecule has 0 saturated heterocycles. The zero-order valence-electron chi connectivity index (χ0n) is 8.87. The van der Waals surface area contributed by atoms with Crippen LogP contribution in [0.1, 0.15) is 27.9 Å². The monoisotopic (exact) mass is 260 g/mol. The molecule has 0 aromatic heterocycles. The molecule has 92 valence electrons. The van der Waals surface area contributed by atoms with Crippen LogP contribution in [0.5, 0.6) is 0 Å². The van der Waals surface area contributed by atoms with Crippen molar-refractivity contribution in [3.8, 4) is 0 Å². The van der Waals surface area contributed by atoms with E-state index < -0.39 is 11.7 Å². The Balaban J connectivity index is 3.06. The summed E-state index contributed by atoms with van der Waals surface area (Å²) in [6.45, 7) is 0. The number of carbonyl (C=O) groups excluding carboxylic acids is 1. The second-order valence-electron chi connectivity index (χ2n) is 3.37. The Bertz CT molecular complexity index is 424. The average Bonchev–Trinajstić information content (AvgIpc) is 2.28. The minimum Gasteiger partial charge on any atom is -0.298 e. The van der Waals surface area contributed by atoms with E-state index in [2.05, 4.69) is 12.6 Å². The second-order valence-corrected chi connectivity index (χ2v) is 3.82. The first-order chi connectivity index (χ1) is 7.99. The van der Waals surface area contributed by atoms with E-state index in [1.807, 2.05) is 0 Å². The fourth-order valence-electron chi connectivity index (χ4n) is 1.29. The van der Waals surface area contributed by atoms with Crippen LogP contribution in [0.2, 0.25) is 0 Å². The molecule has 0 spiro atoms. The highest BCUT2D eigenvalue weighted by Gasteiger charge is 2.30. The number of carbonyl (C=O) groups is 1. The first-order valence-electron chi connectivity index (χ1n) is 4.93. The van der Waals surface area contributed by atoms with Crippen molar-refractivity contribution in [2.75, 3.05) is 5.75 Å². The Hall–Kier alpha value is -1.23. The van der Waals surface area contributed by atoms with Gasteiger partial charge in [-0.05, 0) is 29.9 Å². The molecule has 0 heterocycles. The molecule has 1 rings (SSSR count). The summed E-state index contributed by atoms with van der Waals surface area (Å²) >= 11 is 4.00. The quantitative estimate of drug-likeness (QED) is 0.642. The smallest absolute Gasteiger partial charge is 0.298 e. The van der Waals surface area contributed by atoms with Crippen LogP contribution < -0.4 is 0 Å². The number of hydrogen-bond donors (Lipinski definition) is 1. The van der Waals surface area contributed by atoms with Gasteiger partial charge in [0.1, 0.15) is 0 Å². The molecule has 1 nitrogen and oxygen atoms in total. The molecular weight excluding hydrogens is 249 g/mol. The van der Waals surface area contributed by atoms with Crippen LogP contribution in [0.3, 0.4) is 0 Å². The molecule has 1 aromatic carbocycles. The second kappa shape index (κ2) is 5.91. The van der Waals surface area contributed by atoms with Gasteiger partial charge in [0.15, 0.2) is 6.29 Å². The number of halogens is 3. The third-order valence-corrected chi connectivity index (χ3v) is 2.39. The highest BCUT2D eigenvalue weighted by molar-refractivity contribution is 7.80. The van der Waals surface area contributed by atoms with Gasteiger partial charge >= 0.3 is 6.18 Å². The zero-order chi connectivity index (χ0) is 12.9. The Morgan fingerprint density at radius 3 is 2.47 bits per heavy atom. The molecule has 0 atom stereocenters. The summed E-state index contributed by atoms with van der Waals surface area (Å²) in [6, 6.07) is 3.11. The molecular formula is C12H11F3OS. The van der Waals surface area contributed by atoms with Crippen molar-refractivity contribution in [3.63, 3.8) is 0 Å². The summed E-state index contributed by atoms with van der Waals surface area (Å²) < 4.78 is 37.2. The fraction of sp³-hybridized carbons (Fsp3) is 0.250. The maximum atomic E-state index is 12.4. The summed E-state index contributed by atoms with van der Waals surface area (Å²) in [5.41, 5.74) is -0.295. The number of benzene rings is 1. The van der Waals surface area contributed by atoms with Crippen LogP contribution in [0.25, 0.3) is 6.08 Å². The van der Waals surface area contributed by atoms with Crippen LogP contribution in [0.15, 0.2) is 24.3 Å². The van der Waals surface area contributed by atoms with Gasteiger partial charge in [-0.2, -0.15) is 25.8 Å². The van der Waals surface area contributed by atoms with Crippen molar-refractivity contribution in [3.05, 3.63) is 41.0 Å². The van der Waals surface area contributed by atoms with Crippen LogP contribution in [-0.2, 0) is 6.18 Å². The Morgan fingerprint density at radius 2 is 1.94 bits per heavy atom. The lowest BCUT2D eigenvalue weighted by molar-refractivity contribution is -0.137. The largest absolute Gasteiger partial charge is 0.416 e. The van der Waals surface area contributed by atoms with Gasteiger partial charge in [-0.15, -0.1) is 0 Å². The van der Waals surface area contributed by atoms with E-state index in [1.165, 1.54) is 6.07 Å². The Kier molecular flexibility index (Phi) is 4.81. The molecule has 0 aliphatic rings. The standard InChI is InChI=1S/C12H11F3OS/c13-12(14,15)11-5-4-9(3-1-2-6-17)10(7-11)8-16/h1,3-5,7-8,17H,2,6H2. The third kappa shape index (κ3) is 3.93. The van der Waals surface area contributed by atoms with E-state index in [0.29, 0.717) is 24.0 Å². The summed E-state index contributed by atoms with van der Waals surface area (Å²) in [6.07, 6.45) is 0.0891. The van der Waals surface area contributed by atoms with E-state index >= 15 is 0 Å². The van der Waals surface area contributed by atoms with Crippen molar-refractivity contribution >= 4 is 25.0 Å². The molecule has 17 heavy (non-hydrogen) atoms. The molecule has 0 amide bonds. The van der Waals surface area contributed by atoms with Crippen molar-refractivity contribution in [2.45, 2.75) is 12.6 Å². The number of allylic oxidation sites excluding steroid dienone is 1. The van der Waals surface area contributed by atoms with Gasteiger partial charge in [-0.25, -0.2) is 0 Å². The lowest BCUT2D eigenvalue weighted by Gasteiger charge is -2.08. The SMILES string of the molecule is O=Cc1cc(C(F)(F)F)ccc1C=CCCS. The minimum atomic E-state index is -4.43. The van der Waals surface area contributed by atoms with Gasteiger partial charge in [0.2, 0.25) is 0 Å². The van der Waals surface area contributed by atoms with E-state index in [-0.39, 0.29) is 5.56 Å². The Morgan fingerprint density at radius 1 is 1.24 bits per heavy atom. The van der Waals surface area contributed by atoms with Crippen molar-refractivity contribution in [2.24, 2.45) is 0 Å². The lowest BCUT2D eigenvalue weighted by Crippen LogP contribution is -2.05. The summed E-state index contributed by atoms with van der Waals surface area (Å²) in [7, 11) is 0. The number of alkyl halides is 3. The molecule has 0 fully saturated rings. The van der Waals surface area contributed by atoms with Crippen molar-refractivity contribution in [1.82, 2.24) is 0 Å². The molecule has 0 radical (unpaired) electrons.